The van der Waals surface area contributed by atoms with Crippen LogP contribution in [-0.4, -0.2) is 28.5 Å². The van der Waals surface area contributed by atoms with Crippen LogP contribution in [0.15, 0.2) is 0 Å². The second-order valence-electron chi connectivity index (χ2n) is 1.86. The predicted octanol–water partition coefficient (Wildman–Crippen LogP) is 0.228. The maximum absolute atomic E-state index is 10.6. The Morgan fingerprint density at radius 2 is 1.73 bits per heavy atom. The number of hydrogen-bond donors (Lipinski definition) is 1. The lowest BCUT2D eigenvalue weighted by atomic mass is 10.1. The molecule has 1 N–H and O–H groups in total. The summed E-state index contributed by atoms with van der Waals surface area (Å²) in [5.74, 6) is -2.86. The molecular formula is C6H7ClO4. The van der Waals surface area contributed by atoms with Crippen LogP contribution >= 0.6 is 11.6 Å². The van der Waals surface area contributed by atoms with Crippen molar-refractivity contribution < 1.29 is 19.5 Å². The fraction of sp³-hybridized carbons (Fsp3) is 0.500. The van der Waals surface area contributed by atoms with Gasteiger partial charge < -0.3 is 5.11 Å². The van der Waals surface area contributed by atoms with Gasteiger partial charge in [0.2, 0.25) is 5.78 Å². The third-order valence-corrected chi connectivity index (χ3v) is 1.13. The van der Waals surface area contributed by atoms with Crippen LogP contribution in [-0.2, 0) is 14.4 Å². The first-order valence-electron chi connectivity index (χ1n) is 2.91. The fourth-order valence-corrected chi connectivity index (χ4v) is 0.633. The van der Waals surface area contributed by atoms with Gasteiger partial charge in [-0.2, -0.15) is 0 Å². The highest BCUT2D eigenvalue weighted by atomic mass is 35.5. The highest BCUT2D eigenvalue weighted by Crippen LogP contribution is 1.92. The van der Waals surface area contributed by atoms with Crippen LogP contribution < -0.4 is 0 Å². The van der Waals surface area contributed by atoms with E-state index in [0.29, 0.717) is 0 Å². The van der Waals surface area contributed by atoms with Gasteiger partial charge in [-0.1, -0.05) is 0 Å². The topological polar surface area (TPSA) is 71.4 Å². The Bertz CT molecular complexity index is 187. The maximum atomic E-state index is 10.6. The van der Waals surface area contributed by atoms with Crippen LogP contribution in [0.5, 0.6) is 0 Å². The van der Waals surface area contributed by atoms with Gasteiger partial charge in [0.25, 0.3) is 0 Å². The number of carboxylic acid groups (broad SMARTS) is 1. The van der Waals surface area contributed by atoms with Crippen LogP contribution in [0.1, 0.15) is 12.8 Å². The van der Waals surface area contributed by atoms with Crippen molar-refractivity contribution in [2.45, 2.75) is 12.8 Å². The summed E-state index contributed by atoms with van der Waals surface area (Å²) in [6.07, 6.45) is -0.830. The molecule has 0 aliphatic carbocycles. The molecule has 0 saturated carbocycles. The lowest BCUT2D eigenvalue weighted by Gasteiger charge is -1.92. The number of hydrogen-bond acceptors (Lipinski definition) is 3. The van der Waals surface area contributed by atoms with Crippen molar-refractivity contribution in [1.29, 1.82) is 0 Å². The number of carbonyl (C=O) groups is 3. The predicted molar refractivity (Wildman–Crippen MR) is 37.6 cm³/mol. The van der Waals surface area contributed by atoms with Crippen LogP contribution in [0.2, 0.25) is 0 Å². The molecule has 0 radical (unpaired) electrons. The van der Waals surface area contributed by atoms with E-state index in [1.165, 1.54) is 0 Å². The van der Waals surface area contributed by atoms with Crippen molar-refractivity contribution in [2.24, 2.45) is 0 Å². The molecule has 0 bridgehead atoms. The summed E-state index contributed by atoms with van der Waals surface area (Å²) in [5, 5.41) is 8.09. The maximum Gasteiger partial charge on any atom is 0.311 e. The second kappa shape index (κ2) is 4.85. The zero-order chi connectivity index (χ0) is 8.85. The van der Waals surface area contributed by atoms with Crippen molar-refractivity contribution in [2.75, 3.05) is 5.88 Å². The number of Topliss-reactive ketones (excluding diaryl/α,β-unsaturated/α-hetero) is 2. The molecule has 0 amide bonds. The summed E-state index contributed by atoms with van der Waals surface area (Å²) in [6.45, 7) is 0. The van der Waals surface area contributed by atoms with Gasteiger partial charge in [0.15, 0.2) is 5.78 Å². The molecule has 5 heteroatoms. The lowest BCUT2D eigenvalue weighted by Crippen LogP contribution is -2.17. The van der Waals surface area contributed by atoms with E-state index in [1.54, 1.807) is 0 Å². The van der Waals surface area contributed by atoms with E-state index in [-0.39, 0.29) is 12.3 Å². The number of aliphatic carboxylic acids is 1. The van der Waals surface area contributed by atoms with Crippen molar-refractivity contribution in [1.82, 2.24) is 0 Å². The Morgan fingerprint density at radius 1 is 1.18 bits per heavy atom. The smallest absolute Gasteiger partial charge is 0.311 e. The molecule has 4 nitrogen and oxygen atoms in total. The monoisotopic (exact) mass is 178 g/mol. The third kappa shape index (κ3) is 4.50. The summed E-state index contributed by atoms with van der Waals surface area (Å²) < 4.78 is 0. The minimum absolute atomic E-state index is 0.0458. The molecule has 0 aromatic carbocycles. The molecule has 0 aliphatic rings. The van der Waals surface area contributed by atoms with Gasteiger partial charge in [0.05, 0.1) is 0 Å². The fourth-order valence-electron chi connectivity index (χ4n) is 0.461. The molecule has 0 aromatic rings. The summed E-state index contributed by atoms with van der Waals surface area (Å²) in [5.41, 5.74) is 0. The molecule has 0 atom stereocenters. The van der Waals surface area contributed by atoms with Crippen LogP contribution in [0, 0.1) is 0 Å². The molecule has 0 aliphatic heterocycles. The van der Waals surface area contributed by atoms with Crippen LogP contribution in [0.3, 0.4) is 0 Å². The average Bonchev–Trinajstić information content (AvgIpc) is 1.86. The van der Waals surface area contributed by atoms with Crippen molar-refractivity contribution in [3.8, 4) is 0 Å². The van der Waals surface area contributed by atoms with Crippen molar-refractivity contribution in [3.05, 3.63) is 0 Å². The van der Waals surface area contributed by atoms with E-state index in [2.05, 4.69) is 0 Å². The van der Waals surface area contributed by atoms with Crippen LogP contribution in [0.25, 0.3) is 0 Å². The molecule has 0 rings (SSSR count). The van der Waals surface area contributed by atoms with Crippen molar-refractivity contribution in [3.63, 3.8) is 0 Å². The Labute approximate surface area is 68.1 Å². The van der Waals surface area contributed by atoms with E-state index in [4.69, 9.17) is 16.7 Å². The largest absolute Gasteiger partial charge is 0.481 e. The van der Waals surface area contributed by atoms with E-state index >= 15 is 0 Å². The molecule has 11 heavy (non-hydrogen) atoms. The summed E-state index contributed by atoms with van der Waals surface area (Å²) in [6, 6.07) is 0. The molecule has 0 saturated heterocycles. The minimum atomic E-state index is -1.29. The van der Waals surface area contributed by atoms with E-state index in [1.807, 2.05) is 0 Å². The normalized spacial score (nSPS) is 9.18. The molecule has 0 fully saturated rings. The second-order valence-corrected chi connectivity index (χ2v) is 2.23. The Hall–Kier alpha value is -0.900. The molecule has 0 spiro atoms. The Morgan fingerprint density at radius 3 is 2.09 bits per heavy atom. The number of carbonyl (C=O) groups excluding carboxylic acids is 2. The number of halogens is 1. The zero-order valence-corrected chi connectivity index (χ0v) is 6.43. The number of ketones is 2. The summed E-state index contributed by atoms with van der Waals surface area (Å²) in [4.78, 5) is 31.0. The summed E-state index contributed by atoms with van der Waals surface area (Å²) >= 11 is 5.16. The van der Waals surface area contributed by atoms with Crippen LogP contribution in [0.4, 0.5) is 0 Å². The molecule has 0 heterocycles. The highest BCUT2D eigenvalue weighted by Gasteiger charge is 2.15. The SMILES string of the molecule is O=C(O)CC(=O)C(=O)CCCl. The quantitative estimate of drug-likeness (QED) is 0.372. The number of alkyl halides is 1. The third-order valence-electron chi connectivity index (χ3n) is 0.944. The van der Waals surface area contributed by atoms with Gasteiger partial charge in [-0.3, -0.25) is 14.4 Å². The first kappa shape index (κ1) is 10.1. The van der Waals surface area contributed by atoms with E-state index < -0.39 is 24.0 Å². The van der Waals surface area contributed by atoms with E-state index in [0.717, 1.165) is 0 Å². The first-order chi connectivity index (χ1) is 5.07. The first-order valence-corrected chi connectivity index (χ1v) is 3.45. The van der Waals surface area contributed by atoms with Gasteiger partial charge >= 0.3 is 5.97 Å². The Kier molecular flexibility index (Phi) is 4.45. The van der Waals surface area contributed by atoms with E-state index in [9.17, 15) is 14.4 Å². The average molecular weight is 179 g/mol. The lowest BCUT2D eigenvalue weighted by molar-refractivity contribution is -0.144. The van der Waals surface area contributed by atoms with Crippen molar-refractivity contribution >= 4 is 29.1 Å². The molecular weight excluding hydrogens is 172 g/mol. The molecule has 62 valence electrons. The molecule has 0 unspecified atom stereocenters. The zero-order valence-electron chi connectivity index (χ0n) is 5.67. The number of carboxylic acids is 1. The standard InChI is InChI=1S/C6H7ClO4/c7-2-1-4(8)5(9)3-6(10)11/h1-3H2,(H,10,11). The van der Waals surface area contributed by atoms with Gasteiger partial charge in [0.1, 0.15) is 6.42 Å². The summed E-state index contributed by atoms with van der Waals surface area (Å²) in [7, 11) is 0. The minimum Gasteiger partial charge on any atom is -0.481 e. The number of rotatable bonds is 5. The van der Waals surface area contributed by atoms with Gasteiger partial charge in [-0.25, -0.2) is 0 Å². The van der Waals surface area contributed by atoms with Gasteiger partial charge in [-0.05, 0) is 0 Å². The molecule has 0 aromatic heterocycles. The van der Waals surface area contributed by atoms with Gasteiger partial charge in [-0.15, -0.1) is 11.6 Å². The van der Waals surface area contributed by atoms with Gasteiger partial charge in [0, 0.05) is 12.3 Å². The Balaban J connectivity index is 3.83. The highest BCUT2D eigenvalue weighted by molar-refractivity contribution is 6.40.